The van der Waals surface area contributed by atoms with Crippen LogP contribution in [0.25, 0.3) is 0 Å². The molecule has 2 aliphatic rings. The highest BCUT2D eigenvalue weighted by molar-refractivity contribution is 5.97. The van der Waals surface area contributed by atoms with Crippen LogP contribution >= 0.6 is 0 Å². The van der Waals surface area contributed by atoms with Crippen LogP contribution < -0.4 is 15.8 Å². The molecule has 2 N–H and O–H groups in total. The smallest absolute Gasteiger partial charge is 0.245 e. The first-order valence-corrected chi connectivity index (χ1v) is 7.11. The molecule has 19 heavy (non-hydrogen) atoms. The van der Waals surface area contributed by atoms with E-state index in [4.69, 9.17) is 0 Å². The molecule has 4 heteroatoms. The molecule has 102 valence electrons. The number of benzene rings is 1. The number of fused-ring (bicyclic) bond motifs is 1. The van der Waals surface area contributed by atoms with Gasteiger partial charge in [0.2, 0.25) is 5.91 Å². The summed E-state index contributed by atoms with van der Waals surface area (Å²) in [6, 6.07) is 10.2. The molecule has 3 unspecified atom stereocenters. The summed E-state index contributed by atoms with van der Waals surface area (Å²) in [5.41, 5.74) is 7.46. The zero-order chi connectivity index (χ0) is 13.2. The van der Waals surface area contributed by atoms with Crippen molar-refractivity contribution in [2.24, 2.45) is 5.92 Å². The number of para-hydroxylation sites is 1. The van der Waals surface area contributed by atoms with Gasteiger partial charge in [0.05, 0.1) is 0 Å². The van der Waals surface area contributed by atoms with E-state index in [9.17, 15) is 4.79 Å². The molecule has 1 saturated carbocycles. The zero-order valence-electron chi connectivity index (χ0n) is 11.3. The Kier molecular flexibility index (Phi) is 3.53. The van der Waals surface area contributed by atoms with E-state index in [2.05, 4.69) is 10.9 Å². The van der Waals surface area contributed by atoms with Crippen LogP contribution in [0.15, 0.2) is 30.3 Å². The van der Waals surface area contributed by atoms with Gasteiger partial charge in [0, 0.05) is 24.7 Å². The number of nitrogens with one attached hydrogen (secondary N) is 2. The number of carbonyl (C=O) groups is 1. The van der Waals surface area contributed by atoms with Crippen molar-refractivity contribution in [2.45, 2.75) is 37.8 Å². The first kappa shape index (κ1) is 12.6. The molecular weight excluding hydrogens is 238 g/mol. The predicted molar refractivity (Wildman–Crippen MR) is 75.7 cm³/mol. The van der Waals surface area contributed by atoms with Crippen molar-refractivity contribution in [1.29, 1.82) is 0 Å². The lowest BCUT2D eigenvalue weighted by Crippen LogP contribution is -2.46. The zero-order valence-corrected chi connectivity index (χ0v) is 11.3. The predicted octanol–water partition coefficient (Wildman–Crippen LogP) is 1.68. The summed E-state index contributed by atoms with van der Waals surface area (Å²) in [6.45, 7) is 0. The molecule has 1 aromatic carbocycles. The molecule has 1 heterocycles. The lowest BCUT2D eigenvalue weighted by Gasteiger charge is -2.29. The van der Waals surface area contributed by atoms with Gasteiger partial charge in [-0.1, -0.05) is 31.0 Å². The summed E-state index contributed by atoms with van der Waals surface area (Å²) >= 11 is 0. The van der Waals surface area contributed by atoms with Crippen molar-refractivity contribution < 1.29 is 4.79 Å². The summed E-state index contributed by atoms with van der Waals surface area (Å²) in [5, 5.41) is 0. The second kappa shape index (κ2) is 5.31. The second-order valence-corrected chi connectivity index (χ2v) is 5.55. The first-order chi connectivity index (χ1) is 9.27. The summed E-state index contributed by atoms with van der Waals surface area (Å²) in [5.74, 6) is 0.598. The Morgan fingerprint density at radius 1 is 1.16 bits per heavy atom. The van der Waals surface area contributed by atoms with Crippen molar-refractivity contribution in [1.82, 2.24) is 10.9 Å². The van der Waals surface area contributed by atoms with Gasteiger partial charge in [-0.25, -0.2) is 5.43 Å². The molecule has 1 aromatic rings. The summed E-state index contributed by atoms with van der Waals surface area (Å²) < 4.78 is 0. The van der Waals surface area contributed by atoms with Crippen LogP contribution in [-0.2, 0) is 4.79 Å². The normalized spacial score (nSPS) is 29.8. The van der Waals surface area contributed by atoms with Crippen LogP contribution in [0.4, 0.5) is 5.69 Å². The molecule has 3 rings (SSSR count). The topological polar surface area (TPSA) is 44.4 Å². The monoisotopic (exact) mass is 259 g/mol. The van der Waals surface area contributed by atoms with Gasteiger partial charge >= 0.3 is 0 Å². The first-order valence-electron chi connectivity index (χ1n) is 7.11. The van der Waals surface area contributed by atoms with Crippen LogP contribution in [-0.4, -0.2) is 25.0 Å². The third kappa shape index (κ3) is 2.38. The second-order valence-electron chi connectivity index (χ2n) is 5.55. The molecule has 0 aromatic heterocycles. The fourth-order valence-corrected chi connectivity index (χ4v) is 3.27. The van der Waals surface area contributed by atoms with Crippen LogP contribution in [0.3, 0.4) is 0 Å². The molecule has 3 atom stereocenters. The Morgan fingerprint density at radius 2 is 1.89 bits per heavy atom. The summed E-state index contributed by atoms with van der Waals surface area (Å²) in [7, 11) is 1.86. The molecule has 1 aliphatic carbocycles. The van der Waals surface area contributed by atoms with Gasteiger partial charge in [-0.15, -0.1) is 0 Å². The van der Waals surface area contributed by atoms with E-state index in [-0.39, 0.29) is 11.9 Å². The Balaban J connectivity index is 1.73. The molecule has 1 aliphatic heterocycles. The molecule has 1 saturated heterocycles. The molecule has 0 spiro atoms. The minimum Gasteiger partial charge on any atom is -0.314 e. The van der Waals surface area contributed by atoms with Crippen molar-refractivity contribution >= 4 is 11.6 Å². The van der Waals surface area contributed by atoms with Gasteiger partial charge in [-0.2, -0.15) is 0 Å². The van der Waals surface area contributed by atoms with E-state index in [0.717, 1.165) is 12.1 Å². The van der Waals surface area contributed by atoms with E-state index >= 15 is 0 Å². The Bertz CT molecular complexity index is 448. The summed E-state index contributed by atoms with van der Waals surface area (Å²) in [6.07, 6.45) is 4.83. The fraction of sp³-hybridized carbons (Fsp3) is 0.533. The maximum absolute atomic E-state index is 12.6. The Morgan fingerprint density at radius 3 is 2.68 bits per heavy atom. The number of hydrogen-bond donors (Lipinski definition) is 2. The number of amides is 1. The average molecular weight is 259 g/mol. The largest absolute Gasteiger partial charge is 0.314 e. The highest BCUT2D eigenvalue weighted by Crippen LogP contribution is 2.31. The molecule has 2 fully saturated rings. The number of hydrazine groups is 1. The van der Waals surface area contributed by atoms with Crippen molar-refractivity contribution in [3.8, 4) is 0 Å². The standard InChI is InChI=1S/C15H21N3O/c1-18(11-7-3-2-4-8-11)15(19)14-12-9-5-6-10-13(12)16-17-14/h2-4,7-8,12-14,16-17H,5-6,9-10H2,1H3. The Hall–Kier alpha value is -1.39. The van der Waals surface area contributed by atoms with Gasteiger partial charge in [0.15, 0.2) is 0 Å². The lowest BCUT2D eigenvalue weighted by molar-refractivity contribution is -0.121. The number of anilines is 1. The number of likely N-dealkylation sites (N-methyl/N-ethyl adjacent to an activating group) is 1. The van der Waals surface area contributed by atoms with E-state index in [0.29, 0.717) is 12.0 Å². The number of hydrogen-bond acceptors (Lipinski definition) is 3. The van der Waals surface area contributed by atoms with Crippen molar-refractivity contribution in [3.05, 3.63) is 30.3 Å². The number of nitrogens with zero attached hydrogens (tertiary/aromatic N) is 1. The van der Waals surface area contributed by atoms with Crippen LogP contribution in [0, 0.1) is 5.92 Å². The van der Waals surface area contributed by atoms with E-state index in [1.165, 1.54) is 19.3 Å². The van der Waals surface area contributed by atoms with Crippen molar-refractivity contribution in [3.63, 3.8) is 0 Å². The highest BCUT2D eigenvalue weighted by atomic mass is 16.2. The van der Waals surface area contributed by atoms with Gasteiger partial charge < -0.3 is 4.90 Å². The van der Waals surface area contributed by atoms with Crippen molar-refractivity contribution in [2.75, 3.05) is 11.9 Å². The Labute approximate surface area is 114 Å². The third-order valence-corrected chi connectivity index (χ3v) is 4.41. The van der Waals surface area contributed by atoms with Gasteiger partial charge in [-0.05, 0) is 25.0 Å². The van der Waals surface area contributed by atoms with Crippen LogP contribution in [0.1, 0.15) is 25.7 Å². The molecule has 4 nitrogen and oxygen atoms in total. The van der Waals surface area contributed by atoms with Crippen LogP contribution in [0.5, 0.6) is 0 Å². The third-order valence-electron chi connectivity index (χ3n) is 4.41. The van der Waals surface area contributed by atoms with Gasteiger partial charge in [-0.3, -0.25) is 10.2 Å². The van der Waals surface area contributed by atoms with E-state index in [1.54, 1.807) is 4.90 Å². The minimum atomic E-state index is -0.0875. The lowest BCUT2D eigenvalue weighted by atomic mass is 9.81. The van der Waals surface area contributed by atoms with E-state index < -0.39 is 0 Å². The van der Waals surface area contributed by atoms with Crippen LogP contribution in [0.2, 0.25) is 0 Å². The molecule has 0 bridgehead atoms. The number of carbonyl (C=O) groups excluding carboxylic acids is 1. The summed E-state index contributed by atoms with van der Waals surface area (Å²) in [4.78, 5) is 14.4. The molecular formula is C15H21N3O. The maximum atomic E-state index is 12.6. The average Bonchev–Trinajstić information content (AvgIpc) is 2.90. The quantitative estimate of drug-likeness (QED) is 0.849. The minimum absolute atomic E-state index is 0.0875. The van der Waals surface area contributed by atoms with Gasteiger partial charge in [0.1, 0.15) is 6.04 Å². The fourth-order valence-electron chi connectivity index (χ4n) is 3.27. The van der Waals surface area contributed by atoms with Gasteiger partial charge in [0.25, 0.3) is 0 Å². The van der Waals surface area contributed by atoms with E-state index in [1.807, 2.05) is 37.4 Å². The number of rotatable bonds is 2. The molecule has 1 amide bonds. The maximum Gasteiger partial charge on any atom is 0.245 e. The highest BCUT2D eigenvalue weighted by Gasteiger charge is 2.42. The SMILES string of the molecule is CN(C(=O)C1NNC2CCCCC21)c1ccccc1. The molecule has 0 radical (unpaired) electrons.